The molecule has 1 rings (SSSR count). The number of carbonyl (C=O) groups is 1. The fourth-order valence-corrected chi connectivity index (χ4v) is 1.52. The molecule has 1 aliphatic carbocycles. The van der Waals surface area contributed by atoms with Crippen LogP contribution in [0.5, 0.6) is 0 Å². The molecule has 0 aliphatic heterocycles. The van der Waals surface area contributed by atoms with E-state index in [2.05, 4.69) is 12.2 Å². The molecule has 0 saturated heterocycles. The molecule has 0 bridgehead atoms. The minimum atomic E-state index is 0.214. The van der Waals surface area contributed by atoms with Gasteiger partial charge in [0, 0.05) is 11.8 Å². The summed E-state index contributed by atoms with van der Waals surface area (Å²) in [6.45, 7) is 3.97. The third-order valence-electron chi connectivity index (χ3n) is 2.24. The predicted octanol–water partition coefficient (Wildman–Crippen LogP) is 2.57. The van der Waals surface area contributed by atoms with Crippen LogP contribution < -0.4 is 0 Å². The van der Waals surface area contributed by atoms with E-state index in [-0.39, 0.29) is 5.92 Å². The summed E-state index contributed by atoms with van der Waals surface area (Å²) in [4.78, 5) is 11.5. The van der Waals surface area contributed by atoms with E-state index in [4.69, 9.17) is 0 Å². The highest BCUT2D eigenvalue weighted by atomic mass is 16.1. The number of Topliss-reactive ketones (excluding diaryl/α,β-unsaturated/α-hetero) is 1. The van der Waals surface area contributed by atoms with Gasteiger partial charge in [-0.05, 0) is 19.3 Å². The van der Waals surface area contributed by atoms with E-state index in [9.17, 15) is 4.79 Å². The van der Waals surface area contributed by atoms with Crippen molar-refractivity contribution in [3.8, 4) is 0 Å². The zero-order valence-corrected chi connectivity index (χ0v) is 7.34. The number of allylic oxidation sites excluding steroid dienone is 2. The number of hydrogen-bond acceptors (Lipinski definition) is 1. The molecular formula is C10H16O. The Bertz CT molecular complexity index is 168. The first-order valence-corrected chi connectivity index (χ1v) is 4.40. The molecule has 0 aromatic carbocycles. The van der Waals surface area contributed by atoms with Crippen LogP contribution in [-0.4, -0.2) is 5.78 Å². The van der Waals surface area contributed by atoms with Crippen molar-refractivity contribution in [2.24, 2.45) is 11.8 Å². The van der Waals surface area contributed by atoms with Gasteiger partial charge in [0.25, 0.3) is 0 Å². The second-order valence-electron chi connectivity index (χ2n) is 3.54. The Kier molecular flexibility index (Phi) is 2.86. The van der Waals surface area contributed by atoms with E-state index >= 15 is 0 Å². The van der Waals surface area contributed by atoms with Crippen molar-refractivity contribution in [3.63, 3.8) is 0 Å². The molecule has 0 aromatic rings. The second-order valence-corrected chi connectivity index (χ2v) is 3.54. The number of hydrogen-bond donors (Lipinski definition) is 0. The molecule has 0 N–H and O–H groups in total. The molecule has 1 heteroatoms. The van der Waals surface area contributed by atoms with Crippen LogP contribution in [0.25, 0.3) is 0 Å². The summed E-state index contributed by atoms with van der Waals surface area (Å²) in [5, 5.41) is 0. The van der Waals surface area contributed by atoms with Gasteiger partial charge in [-0.3, -0.25) is 4.79 Å². The fourth-order valence-electron chi connectivity index (χ4n) is 1.52. The monoisotopic (exact) mass is 152 g/mol. The third-order valence-corrected chi connectivity index (χ3v) is 2.24. The molecule has 11 heavy (non-hydrogen) atoms. The summed E-state index contributed by atoms with van der Waals surface area (Å²) in [7, 11) is 0. The summed E-state index contributed by atoms with van der Waals surface area (Å²) < 4.78 is 0. The van der Waals surface area contributed by atoms with Crippen LogP contribution in [0.15, 0.2) is 12.2 Å². The van der Waals surface area contributed by atoms with E-state index in [1.54, 1.807) is 0 Å². The SMILES string of the molecule is CC(C)C(=O)C1CC=CCC1. The Balaban J connectivity index is 2.47. The van der Waals surface area contributed by atoms with Crippen molar-refractivity contribution in [3.05, 3.63) is 12.2 Å². The smallest absolute Gasteiger partial charge is 0.138 e. The average molecular weight is 152 g/mol. The van der Waals surface area contributed by atoms with Crippen LogP contribution in [-0.2, 0) is 4.79 Å². The van der Waals surface area contributed by atoms with Gasteiger partial charge in [0.1, 0.15) is 5.78 Å². The van der Waals surface area contributed by atoms with Crippen LogP contribution in [0.4, 0.5) is 0 Å². The summed E-state index contributed by atoms with van der Waals surface area (Å²) in [5.41, 5.74) is 0. The normalized spacial score (nSPS) is 24.1. The highest BCUT2D eigenvalue weighted by molar-refractivity contribution is 5.83. The molecule has 0 saturated carbocycles. The van der Waals surface area contributed by atoms with Gasteiger partial charge in [0.05, 0.1) is 0 Å². The van der Waals surface area contributed by atoms with E-state index < -0.39 is 0 Å². The maximum Gasteiger partial charge on any atom is 0.138 e. The maximum atomic E-state index is 11.5. The Hall–Kier alpha value is -0.590. The van der Waals surface area contributed by atoms with Crippen LogP contribution in [0.3, 0.4) is 0 Å². The van der Waals surface area contributed by atoms with Crippen LogP contribution in [0, 0.1) is 11.8 Å². The Morgan fingerprint density at radius 2 is 2.18 bits per heavy atom. The highest BCUT2D eigenvalue weighted by Crippen LogP contribution is 2.21. The van der Waals surface area contributed by atoms with Crippen molar-refractivity contribution in [2.45, 2.75) is 33.1 Å². The molecule has 0 radical (unpaired) electrons. The van der Waals surface area contributed by atoms with Gasteiger partial charge in [0.15, 0.2) is 0 Å². The molecule has 0 aromatic heterocycles. The number of rotatable bonds is 2. The quantitative estimate of drug-likeness (QED) is 0.556. The van der Waals surface area contributed by atoms with Gasteiger partial charge in [0.2, 0.25) is 0 Å². The van der Waals surface area contributed by atoms with E-state index in [0.29, 0.717) is 11.7 Å². The van der Waals surface area contributed by atoms with Crippen LogP contribution in [0.1, 0.15) is 33.1 Å². The van der Waals surface area contributed by atoms with Gasteiger partial charge >= 0.3 is 0 Å². The summed E-state index contributed by atoms with van der Waals surface area (Å²) in [5.74, 6) is 0.973. The lowest BCUT2D eigenvalue weighted by Gasteiger charge is -2.17. The average Bonchev–Trinajstić information content (AvgIpc) is 2.05. The molecule has 1 aliphatic rings. The van der Waals surface area contributed by atoms with Gasteiger partial charge in [-0.1, -0.05) is 26.0 Å². The fraction of sp³-hybridized carbons (Fsp3) is 0.700. The van der Waals surface area contributed by atoms with Crippen molar-refractivity contribution in [1.82, 2.24) is 0 Å². The van der Waals surface area contributed by atoms with Crippen molar-refractivity contribution in [2.75, 3.05) is 0 Å². The topological polar surface area (TPSA) is 17.1 Å². The molecule has 0 amide bonds. The minimum Gasteiger partial charge on any atom is -0.299 e. The van der Waals surface area contributed by atoms with Crippen molar-refractivity contribution >= 4 is 5.78 Å². The molecule has 1 unspecified atom stereocenters. The zero-order chi connectivity index (χ0) is 8.27. The molecule has 0 spiro atoms. The van der Waals surface area contributed by atoms with Crippen molar-refractivity contribution in [1.29, 1.82) is 0 Å². The Labute approximate surface area is 68.5 Å². The first-order chi connectivity index (χ1) is 5.22. The third kappa shape index (κ3) is 2.18. The standard InChI is InChI=1S/C10H16O/c1-8(2)10(11)9-6-4-3-5-7-9/h3-4,8-9H,5-7H2,1-2H3. The molecule has 0 fully saturated rings. The number of ketones is 1. The summed E-state index contributed by atoms with van der Waals surface area (Å²) in [6, 6.07) is 0. The molecule has 1 nitrogen and oxygen atoms in total. The van der Waals surface area contributed by atoms with Gasteiger partial charge < -0.3 is 0 Å². The molecule has 62 valence electrons. The van der Waals surface area contributed by atoms with E-state index in [0.717, 1.165) is 19.3 Å². The molecule has 1 atom stereocenters. The van der Waals surface area contributed by atoms with Gasteiger partial charge in [-0.25, -0.2) is 0 Å². The lowest BCUT2D eigenvalue weighted by molar-refractivity contribution is -0.126. The zero-order valence-electron chi connectivity index (χ0n) is 7.34. The summed E-state index contributed by atoms with van der Waals surface area (Å²) >= 11 is 0. The first kappa shape index (κ1) is 8.51. The maximum absolute atomic E-state index is 11.5. The number of carbonyl (C=O) groups excluding carboxylic acids is 1. The Morgan fingerprint density at radius 1 is 1.45 bits per heavy atom. The second kappa shape index (κ2) is 3.70. The largest absolute Gasteiger partial charge is 0.299 e. The van der Waals surface area contributed by atoms with Crippen molar-refractivity contribution < 1.29 is 4.79 Å². The van der Waals surface area contributed by atoms with Gasteiger partial charge in [-0.15, -0.1) is 0 Å². The van der Waals surface area contributed by atoms with Gasteiger partial charge in [-0.2, -0.15) is 0 Å². The predicted molar refractivity (Wildman–Crippen MR) is 46.3 cm³/mol. The lowest BCUT2D eigenvalue weighted by Crippen LogP contribution is -2.20. The van der Waals surface area contributed by atoms with Crippen LogP contribution in [0.2, 0.25) is 0 Å². The van der Waals surface area contributed by atoms with E-state index in [1.165, 1.54) is 0 Å². The highest BCUT2D eigenvalue weighted by Gasteiger charge is 2.20. The van der Waals surface area contributed by atoms with Crippen LogP contribution >= 0.6 is 0 Å². The lowest BCUT2D eigenvalue weighted by atomic mass is 9.86. The first-order valence-electron chi connectivity index (χ1n) is 4.40. The van der Waals surface area contributed by atoms with E-state index in [1.807, 2.05) is 13.8 Å². The minimum absolute atomic E-state index is 0.214. The summed E-state index contributed by atoms with van der Waals surface area (Å²) in [6.07, 6.45) is 7.42. The Morgan fingerprint density at radius 3 is 2.64 bits per heavy atom. The molecular weight excluding hydrogens is 136 g/mol. The molecule has 0 heterocycles.